The van der Waals surface area contributed by atoms with Crippen LogP contribution in [0.25, 0.3) is 0 Å². The first-order valence-corrected chi connectivity index (χ1v) is 23.4. The maximum Gasteiger partial charge on any atom is 0.482 e. The predicted octanol–water partition coefficient (Wildman–Crippen LogP) is -0.606. The molecule has 0 spiro atoms. The van der Waals surface area contributed by atoms with E-state index >= 15 is 4.57 Å². The molecular weight excluding hydrogens is 1030 g/mol. The predicted molar refractivity (Wildman–Crippen MR) is 227 cm³/mol. The van der Waals surface area contributed by atoms with Gasteiger partial charge < -0.3 is 71.1 Å². The van der Waals surface area contributed by atoms with Crippen molar-refractivity contribution in [3.05, 3.63) is 0 Å². The maximum absolute atomic E-state index is 16.0. The highest BCUT2D eigenvalue weighted by Crippen LogP contribution is 2.57. The highest BCUT2D eigenvalue weighted by Gasteiger charge is 2.61. The van der Waals surface area contributed by atoms with Crippen molar-refractivity contribution < 1.29 is 147 Å². The summed E-state index contributed by atoms with van der Waals surface area (Å²) in [5.74, 6) is -13.1. The third-order valence-corrected chi connectivity index (χ3v) is 10.9. The molecule has 3 saturated heterocycles. The molecule has 3 aliphatic heterocycles. The topological polar surface area (TPSA) is 388 Å². The number of phosphoric ester groups is 1. The van der Waals surface area contributed by atoms with E-state index < -0.39 is 191 Å². The summed E-state index contributed by atoms with van der Waals surface area (Å²) in [6.07, 6.45) is -31.4. The zero-order valence-corrected chi connectivity index (χ0v) is 42.8. The van der Waals surface area contributed by atoms with Crippen LogP contribution in [0.2, 0.25) is 0 Å². The first-order chi connectivity index (χ1) is 34.4. The Morgan fingerprint density at radius 2 is 0.459 bits per heavy atom. The number of esters is 12. The fraction of sp³-hybridized carbons (Fsp3) is 0.714. The minimum atomic E-state index is -6.20. The van der Waals surface area contributed by atoms with Gasteiger partial charge in [-0.15, -0.1) is 0 Å². The third-order valence-electron chi connectivity index (χ3n) is 9.54. The summed E-state index contributed by atoms with van der Waals surface area (Å²) in [5.41, 5.74) is 0. The van der Waals surface area contributed by atoms with Crippen LogP contribution in [0.1, 0.15) is 83.1 Å². The van der Waals surface area contributed by atoms with Crippen molar-refractivity contribution >= 4 is 79.5 Å². The average molecular weight is 1090 g/mol. The first-order valence-electron chi connectivity index (χ1n) is 22.0. The quantitative estimate of drug-likeness (QED) is 0.0786. The van der Waals surface area contributed by atoms with Crippen molar-refractivity contribution in [2.45, 2.75) is 175 Å². The van der Waals surface area contributed by atoms with Crippen LogP contribution in [-0.4, -0.2) is 184 Å². The molecular formula is C42H57O31P. The highest BCUT2D eigenvalue weighted by molar-refractivity contribution is 7.48. The summed E-state index contributed by atoms with van der Waals surface area (Å²) < 4.78 is 116. The number of hydrogen-bond donors (Lipinski definition) is 0. The molecule has 0 N–H and O–H groups in total. The molecule has 416 valence electrons. The summed E-state index contributed by atoms with van der Waals surface area (Å²) in [5, 5.41) is 0. The molecule has 15 atom stereocenters. The Morgan fingerprint density at radius 1 is 0.284 bits per heavy atom. The van der Waals surface area contributed by atoms with E-state index in [0.29, 0.717) is 0 Å². The fourth-order valence-electron chi connectivity index (χ4n) is 7.28. The summed E-state index contributed by atoms with van der Waals surface area (Å²) in [4.78, 5) is 150. The van der Waals surface area contributed by atoms with Gasteiger partial charge in [-0.2, -0.15) is 0 Å². The third kappa shape index (κ3) is 19.2. The lowest BCUT2D eigenvalue weighted by atomic mass is 9.98. The molecule has 3 fully saturated rings. The van der Waals surface area contributed by atoms with Crippen molar-refractivity contribution in [2.75, 3.05) is 19.8 Å². The summed E-state index contributed by atoms with van der Waals surface area (Å²) in [6.45, 7) is 8.04. The van der Waals surface area contributed by atoms with Crippen molar-refractivity contribution in [1.82, 2.24) is 0 Å². The largest absolute Gasteiger partial charge is 0.482 e. The summed E-state index contributed by atoms with van der Waals surface area (Å²) in [6, 6.07) is 0. The van der Waals surface area contributed by atoms with E-state index in [9.17, 15) is 57.5 Å². The normalized spacial score (nSPS) is 29.5. The van der Waals surface area contributed by atoms with Gasteiger partial charge >= 0.3 is 79.5 Å². The fourth-order valence-corrected chi connectivity index (χ4v) is 8.70. The van der Waals surface area contributed by atoms with Crippen molar-refractivity contribution in [3.8, 4) is 0 Å². The Labute approximate surface area is 420 Å². The Hall–Kier alpha value is -6.37. The number of rotatable bonds is 21. The molecule has 0 saturated carbocycles. The van der Waals surface area contributed by atoms with Gasteiger partial charge in [-0.05, 0) is 0 Å². The molecule has 0 aromatic carbocycles. The number of phosphoric acid groups is 1. The highest BCUT2D eigenvalue weighted by atomic mass is 31.2. The number of hydrogen-bond acceptors (Lipinski definition) is 31. The molecule has 0 amide bonds. The van der Waals surface area contributed by atoms with Gasteiger partial charge in [-0.3, -0.25) is 71.1 Å². The van der Waals surface area contributed by atoms with Gasteiger partial charge in [0, 0.05) is 83.1 Å². The van der Waals surface area contributed by atoms with Crippen molar-refractivity contribution in [3.63, 3.8) is 0 Å². The Kier molecular flexibility index (Phi) is 23.3. The van der Waals surface area contributed by atoms with E-state index in [2.05, 4.69) is 0 Å². The second-order valence-electron chi connectivity index (χ2n) is 16.0. The van der Waals surface area contributed by atoms with Crippen LogP contribution in [0.4, 0.5) is 0 Å². The first kappa shape index (κ1) is 61.9. The van der Waals surface area contributed by atoms with Crippen molar-refractivity contribution in [1.29, 1.82) is 0 Å². The molecule has 0 aliphatic carbocycles. The SMILES string of the molecule is CC(=O)OC[C@H]1O[C@H](OP(=O)(O[C@H]2O[C@H](COC(C)=O)[C@@H](OC(C)=O)[C@H](OC(C)=O)[C@@H]2OC(C)=O)O[C@H]2O[C@H](COC(C)=O)[C@@H](OC(C)=O)[C@H](OC(C)=O)[C@@H]2OC(C)=O)[C@@H](OC(C)=O)[C@@H](OC(C)=O)[C@@H]1OC(C)=O. The van der Waals surface area contributed by atoms with Gasteiger partial charge in [0.1, 0.15) is 38.1 Å². The van der Waals surface area contributed by atoms with Crippen LogP contribution in [0.5, 0.6) is 0 Å². The van der Waals surface area contributed by atoms with Crippen LogP contribution in [0.3, 0.4) is 0 Å². The molecule has 31 nitrogen and oxygen atoms in total. The van der Waals surface area contributed by atoms with E-state index in [1.54, 1.807) is 0 Å². The average Bonchev–Trinajstić information content (AvgIpc) is 3.23. The molecule has 0 bridgehead atoms. The zero-order chi connectivity index (χ0) is 55.9. The summed E-state index contributed by atoms with van der Waals surface area (Å²) in [7, 11) is -6.20. The minimum absolute atomic E-state index is 0.829. The Morgan fingerprint density at radius 3 is 0.635 bits per heavy atom. The van der Waals surface area contributed by atoms with E-state index in [0.717, 1.165) is 83.1 Å². The van der Waals surface area contributed by atoms with E-state index in [-0.39, 0.29) is 0 Å². The van der Waals surface area contributed by atoms with Gasteiger partial charge in [-0.25, -0.2) is 4.57 Å². The minimum Gasteiger partial charge on any atom is -0.463 e. The molecule has 0 aromatic rings. The molecule has 74 heavy (non-hydrogen) atoms. The molecule has 0 aromatic heterocycles. The molecule has 0 radical (unpaired) electrons. The molecule has 32 heteroatoms. The van der Waals surface area contributed by atoms with Crippen LogP contribution >= 0.6 is 7.82 Å². The second kappa shape index (κ2) is 27.8. The van der Waals surface area contributed by atoms with Gasteiger partial charge in [0.05, 0.1) is 0 Å². The number of carbonyl (C=O) groups excluding carboxylic acids is 12. The lowest BCUT2D eigenvalue weighted by Gasteiger charge is -2.47. The van der Waals surface area contributed by atoms with E-state index in [1.807, 2.05) is 0 Å². The van der Waals surface area contributed by atoms with Crippen LogP contribution in [0.15, 0.2) is 0 Å². The zero-order valence-electron chi connectivity index (χ0n) is 41.9. The van der Waals surface area contributed by atoms with Crippen LogP contribution in [-0.2, 0) is 147 Å². The monoisotopic (exact) mass is 1090 g/mol. The second-order valence-corrected chi connectivity index (χ2v) is 17.5. The Bertz CT molecular complexity index is 1930. The maximum atomic E-state index is 16.0. The van der Waals surface area contributed by atoms with E-state index in [4.69, 9.17) is 84.6 Å². The summed E-state index contributed by atoms with van der Waals surface area (Å²) >= 11 is 0. The van der Waals surface area contributed by atoms with Gasteiger partial charge in [-0.1, -0.05) is 0 Å². The van der Waals surface area contributed by atoms with Gasteiger partial charge in [0.25, 0.3) is 0 Å². The Balaban J connectivity index is 2.50. The molecule has 3 aliphatic rings. The van der Waals surface area contributed by atoms with Crippen LogP contribution in [0, 0.1) is 0 Å². The molecule has 3 heterocycles. The molecule has 0 unspecified atom stereocenters. The van der Waals surface area contributed by atoms with Gasteiger partial charge in [0.15, 0.2) is 54.9 Å². The van der Waals surface area contributed by atoms with E-state index in [1.165, 1.54) is 0 Å². The standard InChI is InChI=1S/C42H57O31P/c1-16(43)56-13-28-31(59-19(4)46)34(62-22(7)49)37(65-25(10)52)40(68-28)71-74(55,72-41-38(66-26(11)53)35(63-23(8)50)32(60-20(5)47)29(69-41)14-57-17(2)44)73-42-39(67-27(12)54)36(64-24(9)51)33(61-21(6)48)30(70-42)15-58-18(3)45/h28-42H,13-15H2,1-12H3/t28-,29-,30-,31-,32-,33-,34+,35+,36+,37+,38+,39+,40-,41-,42-/m1/s1. The van der Waals surface area contributed by atoms with Gasteiger partial charge in [0.2, 0.25) is 18.9 Å². The van der Waals surface area contributed by atoms with Crippen LogP contribution < -0.4 is 0 Å². The smallest absolute Gasteiger partial charge is 0.463 e. The lowest BCUT2D eigenvalue weighted by molar-refractivity contribution is -0.317. The molecule has 3 rings (SSSR count). The van der Waals surface area contributed by atoms with Crippen molar-refractivity contribution in [2.24, 2.45) is 0 Å². The number of carbonyl (C=O) groups is 12. The number of ether oxygens (including phenoxy) is 15. The lowest BCUT2D eigenvalue weighted by Crippen LogP contribution is -2.64.